The second kappa shape index (κ2) is 6.02. The standard InChI is InChI=1S/C14H26N2O2/c1-10(2)5-11(7-15)6-14(17)16-8-12-3-4-13(9-16)18-12/h10-13H,3-9,15H2,1-2H3/t11-,12?,13?/m0/s1. The molecule has 2 aliphatic rings. The molecule has 2 heterocycles. The van der Waals surface area contributed by atoms with Gasteiger partial charge >= 0.3 is 0 Å². The van der Waals surface area contributed by atoms with Crippen LogP contribution in [0.4, 0.5) is 0 Å². The maximum atomic E-state index is 12.3. The number of fused-ring (bicyclic) bond motifs is 2. The molecule has 2 unspecified atom stereocenters. The Bertz CT molecular complexity index is 282. The fourth-order valence-electron chi connectivity index (χ4n) is 3.12. The normalized spacial score (nSPS) is 28.8. The number of rotatable bonds is 5. The van der Waals surface area contributed by atoms with Crippen molar-refractivity contribution in [2.45, 2.75) is 51.7 Å². The molecule has 4 heteroatoms. The molecule has 0 radical (unpaired) electrons. The number of carbonyl (C=O) groups is 1. The van der Waals surface area contributed by atoms with E-state index in [4.69, 9.17) is 10.5 Å². The van der Waals surface area contributed by atoms with Crippen molar-refractivity contribution in [3.63, 3.8) is 0 Å². The lowest BCUT2D eigenvalue weighted by molar-refractivity contribution is -0.140. The summed E-state index contributed by atoms with van der Waals surface area (Å²) in [5.41, 5.74) is 5.77. The quantitative estimate of drug-likeness (QED) is 0.806. The van der Waals surface area contributed by atoms with Gasteiger partial charge in [-0.2, -0.15) is 0 Å². The second-order valence-electron chi connectivity index (χ2n) is 6.19. The average molecular weight is 254 g/mol. The van der Waals surface area contributed by atoms with E-state index in [1.54, 1.807) is 0 Å². The van der Waals surface area contributed by atoms with Crippen molar-refractivity contribution in [3.8, 4) is 0 Å². The Balaban J connectivity index is 1.83. The van der Waals surface area contributed by atoms with Crippen LogP contribution in [0.3, 0.4) is 0 Å². The summed E-state index contributed by atoms with van der Waals surface area (Å²) in [6.45, 7) is 6.55. The molecule has 2 rings (SSSR count). The van der Waals surface area contributed by atoms with Crippen molar-refractivity contribution < 1.29 is 9.53 Å². The molecular formula is C14H26N2O2. The van der Waals surface area contributed by atoms with E-state index in [0.717, 1.165) is 32.4 Å². The Labute approximate surface area is 110 Å². The third-order valence-corrected chi connectivity index (χ3v) is 4.00. The van der Waals surface area contributed by atoms with Crippen LogP contribution in [-0.4, -0.2) is 42.6 Å². The first-order valence-electron chi connectivity index (χ1n) is 7.21. The third kappa shape index (κ3) is 3.45. The monoisotopic (exact) mass is 254 g/mol. The van der Waals surface area contributed by atoms with Crippen LogP contribution in [0.15, 0.2) is 0 Å². The van der Waals surface area contributed by atoms with Gasteiger partial charge in [-0.05, 0) is 37.6 Å². The first-order chi connectivity index (χ1) is 8.58. The summed E-state index contributed by atoms with van der Waals surface area (Å²) in [7, 11) is 0. The zero-order chi connectivity index (χ0) is 13.1. The molecule has 18 heavy (non-hydrogen) atoms. The van der Waals surface area contributed by atoms with Gasteiger partial charge in [0.05, 0.1) is 12.2 Å². The minimum absolute atomic E-state index is 0.270. The van der Waals surface area contributed by atoms with Crippen LogP contribution in [0.2, 0.25) is 0 Å². The summed E-state index contributed by atoms with van der Waals surface area (Å²) >= 11 is 0. The summed E-state index contributed by atoms with van der Waals surface area (Å²) < 4.78 is 5.75. The predicted octanol–water partition coefficient (Wildman–Crippen LogP) is 1.39. The third-order valence-electron chi connectivity index (χ3n) is 4.00. The molecule has 0 aromatic carbocycles. The van der Waals surface area contributed by atoms with E-state index in [1.807, 2.05) is 4.90 Å². The number of hydrogen-bond donors (Lipinski definition) is 1. The zero-order valence-electron chi connectivity index (χ0n) is 11.6. The van der Waals surface area contributed by atoms with E-state index in [0.29, 0.717) is 24.8 Å². The van der Waals surface area contributed by atoms with Gasteiger partial charge in [0, 0.05) is 19.5 Å². The molecule has 0 aromatic heterocycles. The first-order valence-corrected chi connectivity index (χ1v) is 7.21. The number of morpholine rings is 1. The molecular weight excluding hydrogens is 228 g/mol. The maximum absolute atomic E-state index is 12.3. The number of nitrogens with two attached hydrogens (primary N) is 1. The smallest absolute Gasteiger partial charge is 0.223 e. The molecule has 2 saturated heterocycles. The Hall–Kier alpha value is -0.610. The minimum atomic E-state index is 0.270. The zero-order valence-corrected chi connectivity index (χ0v) is 11.6. The highest BCUT2D eigenvalue weighted by Crippen LogP contribution is 2.27. The van der Waals surface area contributed by atoms with Crippen LogP contribution in [0.5, 0.6) is 0 Å². The topological polar surface area (TPSA) is 55.6 Å². The lowest BCUT2D eigenvalue weighted by Gasteiger charge is -2.33. The van der Waals surface area contributed by atoms with Crippen LogP contribution < -0.4 is 5.73 Å². The molecule has 2 bridgehead atoms. The largest absolute Gasteiger partial charge is 0.371 e. The Morgan fingerprint density at radius 2 is 1.94 bits per heavy atom. The molecule has 104 valence electrons. The van der Waals surface area contributed by atoms with Gasteiger partial charge in [-0.15, -0.1) is 0 Å². The Morgan fingerprint density at radius 1 is 1.33 bits per heavy atom. The fraction of sp³-hybridized carbons (Fsp3) is 0.929. The summed E-state index contributed by atoms with van der Waals surface area (Å²) in [6.07, 6.45) is 4.44. The van der Waals surface area contributed by atoms with E-state index >= 15 is 0 Å². The molecule has 0 saturated carbocycles. The van der Waals surface area contributed by atoms with Crippen LogP contribution >= 0.6 is 0 Å². The molecule has 2 fully saturated rings. The lowest BCUT2D eigenvalue weighted by Crippen LogP contribution is -2.46. The van der Waals surface area contributed by atoms with Crippen molar-refractivity contribution in [1.82, 2.24) is 4.90 Å². The van der Waals surface area contributed by atoms with Crippen LogP contribution in [0.1, 0.15) is 39.5 Å². The van der Waals surface area contributed by atoms with Gasteiger partial charge in [0.15, 0.2) is 0 Å². The molecule has 0 aromatic rings. The number of carbonyl (C=O) groups excluding carboxylic acids is 1. The fourth-order valence-corrected chi connectivity index (χ4v) is 3.12. The van der Waals surface area contributed by atoms with E-state index < -0.39 is 0 Å². The predicted molar refractivity (Wildman–Crippen MR) is 71.1 cm³/mol. The van der Waals surface area contributed by atoms with Gasteiger partial charge in [0.1, 0.15) is 0 Å². The first kappa shape index (κ1) is 13.8. The SMILES string of the molecule is CC(C)C[C@H](CN)CC(=O)N1CC2CCC(C1)O2. The highest BCUT2D eigenvalue weighted by Gasteiger charge is 2.35. The Kier molecular flexibility index (Phi) is 4.62. The molecule has 0 aliphatic carbocycles. The van der Waals surface area contributed by atoms with E-state index in [2.05, 4.69) is 13.8 Å². The van der Waals surface area contributed by atoms with Crippen molar-refractivity contribution in [2.75, 3.05) is 19.6 Å². The number of ether oxygens (including phenoxy) is 1. The van der Waals surface area contributed by atoms with Crippen LogP contribution in [-0.2, 0) is 9.53 Å². The molecule has 3 atom stereocenters. The van der Waals surface area contributed by atoms with E-state index in [9.17, 15) is 4.79 Å². The average Bonchev–Trinajstić information content (AvgIpc) is 2.66. The Morgan fingerprint density at radius 3 is 2.44 bits per heavy atom. The number of amides is 1. The highest BCUT2D eigenvalue weighted by molar-refractivity contribution is 5.76. The van der Waals surface area contributed by atoms with Crippen LogP contribution in [0, 0.1) is 11.8 Å². The van der Waals surface area contributed by atoms with Gasteiger partial charge in [-0.3, -0.25) is 4.79 Å². The number of likely N-dealkylation sites (tertiary alicyclic amines) is 1. The molecule has 2 aliphatic heterocycles. The van der Waals surface area contributed by atoms with Crippen molar-refractivity contribution >= 4 is 5.91 Å². The summed E-state index contributed by atoms with van der Waals surface area (Å²) in [5, 5.41) is 0. The highest BCUT2D eigenvalue weighted by atomic mass is 16.5. The molecule has 4 nitrogen and oxygen atoms in total. The molecule has 2 N–H and O–H groups in total. The van der Waals surface area contributed by atoms with Crippen molar-refractivity contribution in [2.24, 2.45) is 17.6 Å². The van der Waals surface area contributed by atoms with Gasteiger partial charge in [-0.1, -0.05) is 13.8 Å². The maximum Gasteiger partial charge on any atom is 0.223 e. The summed E-state index contributed by atoms with van der Waals surface area (Å²) in [4.78, 5) is 14.3. The number of hydrogen-bond acceptors (Lipinski definition) is 3. The van der Waals surface area contributed by atoms with Gasteiger partial charge < -0.3 is 15.4 Å². The summed E-state index contributed by atoms with van der Waals surface area (Å²) in [6, 6.07) is 0. The van der Waals surface area contributed by atoms with E-state index in [-0.39, 0.29) is 18.1 Å². The van der Waals surface area contributed by atoms with E-state index in [1.165, 1.54) is 0 Å². The summed E-state index contributed by atoms with van der Waals surface area (Å²) in [5.74, 6) is 1.21. The van der Waals surface area contributed by atoms with Crippen LogP contribution in [0.25, 0.3) is 0 Å². The number of nitrogens with zero attached hydrogens (tertiary/aromatic N) is 1. The molecule has 1 amide bonds. The second-order valence-corrected chi connectivity index (χ2v) is 6.19. The van der Waals surface area contributed by atoms with Gasteiger partial charge in [0.2, 0.25) is 5.91 Å². The van der Waals surface area contributed by atoms with Gasteiger partial charge in [0.25, 0.3) is 0 Å². The van der Waals surface area contributed by atoms with Crippen molar-refractivity contribution in [1.29, 1.82) is 0 Å². The molecule has 0 spiro atoms. The minimum Gasteiger partial charge on any atom is -0.371 e. The van der Waals surface area contributed by atoms with Gasteiger partial charge in [-0.25, -0.2) is 0 Å². The van der Waals surface area contributed by atoms with Crippen molar-refractivity contribution in [3.05, 3.63) is 0 Å². The lowest BCUT2D eigenvalue weighted by atomic mass is 9.93.